The first-order chi connectivity index (χ1) is 9.20. The molecule has 3 aromatic rings. The van der Waals surface area contributed by atoms with Crippen LogP contribution < -0.4 is 0 Å². The maximum absolute atomic E-state index is 9.97. The Kier molecular flexibility index (Phi) is 2.67. The molecular formula is C16H15NO2. The molecule has 0 aliphatic carbocycles. The SMILES string of the molecule is CCc1cccc2c(-c3cc(O)ccc3O)c[nH]c12. The summed E-state index contributed by atoms with van der Waals surface area (Å²) in [4.78, 5) is 3.26. The van der Waals surface area contributed by atoms with Crippen molar-refractivity contribution in [1.82, 2.24) is 4.98 Å². The van der Waals surface area contributed by atoms with E-state index in [0.29, 0.717) is 5.56 Å². The molecule has 1 heterocycles. The lowest BCUT2D eigenvalue weighted by molar-refractivity contribution is 0.462. The number of H-pyrrole nitrogens is 1. The molecule has 0 unspecified atom stereocenters. The first-order valence-corrected chi connectivity index (χ1v) is 6.32. The zero-order valence-corrected chi connectivity index (χ0v) is 10.6. The lowest BCUT2D eigenvalue weighted by Gasteiger charge is -2.05. The number of phenols is 2. The van der Waals surface area contributed by atoms with Crippen LogP contribution in [-0.2, 0) is 6.42 Å². The second-order valence-corrected chi connectivity index (χ2v) is 4.60. The average molecular weight is 253 g/mol. The van der Waals surface area contributed by atoms with E-state index < -0.39 is 0 Å². The van der Waals surface area contributed by atoms with E-state index in [4.69, 9.17) is 0 Å². The van der Waals surface area contributed by atoms with E-state index in [1.807, 2.05) is 18.3 Å². The number of nitrogens with one attached hydrogen (secondary N) is 1. The highest BCUT2D eigenvalue weighted by molar-refractivity contribution is 5.98. The van der Waals surface area contributed by atoms with Gasteiger partial charge in [0.05, 0.1) is 0 Å². The number of rotatable bonds is 2. The van der Waals surface area contributed by atoms with Crippen LogP contribution in [0.5, 0.6) is 11.5 Å². The Labute approximate surface area is 111 Å². The monoisotopic (exact) mass is 253 g/mol. The molecule has 0 saturated carbocycles. The summed E-state index contributed by atoms with van der Waals surface area (Å²) < 4.78 is 0. The Morgan fingerprint density at radius 3 is 2.68 bits per heavy atom. The van der Waals surface area contributed by atoms with Crippen LogP contribution in [0.1, 0.15) is 12.5 Å². The highest BCUT2D eigenvalue weighted by Gasteiger charge is 2.12. The van der Waals surface area contributed by atoms with Gasteiger partial charge in [-0.1, -0.05) is 25.1 Å². The van der Waals surface area contributed by atoms with Gasteiger partial charge in [0.2, 0.25) is 0 Å². The number of para-hydroxylation sites is 1. The summed E-state index contributed by atoms with van der Waals surface area (Å²) in [5.74, 6) is 0.314. The summed E-state index contributed by atoms with van der Waals surface area (Å²) in [5, 5.41) is 20.6. The maximum atomic E-state index is 9.97. The number of hydrogen-bond acceptors (Lipinski definition) is 2. The van der Waals surface area contributed by atoms with Crippen molar-refractivity contribution in [3.8, 4) is 22.6 Å². The first-order valence-electron chi connectivity index (χ1n) is 6.32. The molecule has 0 atom stereocenters. The van der Waals surface area contributed by atoms with E-state index in [0.717, 1.165) is 22.9 Å². The van der Waals surface area contributed by atoms with Gasteiger partial charge < -0.3 is 15.2 Å². The quantitative estimate of drug-likeness (QED) is 0.608. The summed E-state index contributed by atoms with van der Waals surface area (Å²) in [6.45, 7) is 2.11. The highest BCUT2D eigenvalue weighted by atomic mass is 16.3. The largest absolute Gasteiger partial charge is 0.508 e. The smallest absolute Gasteiger partial charge is 0.123 e. The maximum Gasteiger partial charge on any atom is 0.123 e. The predicted molar refractivity (Wildman–Crippen MR) is 76.4 cm³/mol. The number of aromatic amines is 1. The van der Waals surface area contributed by atoms with Crippen molar-refractivity contribution in [3.63, 3.8) is 0 Å². The van der Waals surface area contributed by atoms with Crippen molar-refractivity contribution in [2.75, 3.05) is 0 Å². The summed E-state index contributed by atoms with van der Waals surface area (Å²) in [5.41, 5.74) is 3.87. The van der Waals surface area contributed by atoms with Gasteiger partial charge in [-0.3, -0.25) is 0 Å². The number of aryl methyl sites for hydroxylation is 1. The molecule has 0 fully saturated rings. The number of aromatic hydroxyl groups is 2. The zero-order chi connectivity index (χ0) is 13.4. The van der Waals surface area contributed by atoms with Gasteiger partial charge in [0.25, 0.3) is 0 Å². The van der Waals surface area contributed by atoms with Gasteiger partial charge in [-0.15, -0.1) is 0 Å². The topological polar surface area (TPSA) is 56.2 Å². The average Bonchev–Trinajstić information content (AvgIpc) is 2.85. The molecular weight excluding hydrogens is 238 g/mol. The molecule has 3 nitrogen and oxygen atoms in total. The molecule has 0 saturated heterocycles. The van der Waals surface area contributed by atoms with Gasteiger partial charge in [-0.05, 0) is 30.2 Å². The van der Waals surface area contributed by atoms with E-state index in [1.54, 1.807) is 6.07 Å². The van der Waals surface area contributed by atoms with Gasteiger partial charge in [0.15, 0.2) is 0 Å². The fourth-order valence-corrected chi connectivity index (χ4v) is 2.47. The third-order valence-electron chi connectivity index (χ3n) is 3.45. The van der Waals surface area contributed by atoms with E-state index in [9.17, 15) is 10.2 Å². The zero-order valence-electron chi connectivity index (χ0n) is 10.6. The van der Waals surface area contributed by atoms with E-state index >= 15 is 0 Å². The standard InChI is InChI=1S/C16H15NO2/c1-2-10-4-3-5-12-14(9-17-16(10)12)13-8-11(18)6-7-15(13)19/h3-9,17-19H,2H2,1H3. The first kappa shape index (κ1) is 11.7. The van der Waals surface area contributed by atoms with Crippen molar-refractivity contribution in [1.29, 1.82) is 0 Å². The second kappa shape index (κ2) is 4.35. The summed E-state index contributed by atoms with van der Waals surface area (Å²) >= 11 is 0. The lowest BCUT2D eigenvalue weighted by atomic mass is 10.0. The molecule has 0 bridgehead atoms. The van der Waals surface area contributed by atoms with E-state index in [2.05, 4.69) is 18.0 Å². The molecule has 19 heavy (non-hydrogen) atoms. The van der Waals surface area contributed by atoms with Crippen LogP contribution in [0.15, 0.2) is 42.6 Å². The van der Waals surface area contributed by atoms with Crippen LogP contribution in [0.25, 0.3) is 22.0 Å². The summed E-state index contributed by atoms with van der Waals surface area (Å²) in [6.07, 6.45) is 2.82. The van der Waals surface area contributed by atoms with Gasteiger partial charge in [-0.25, -0.2) is 0 Å². The molecule has 3 N–H and O–H groups in total. The third-order valence-corrected chi connectivity index (χ3v) is 3.45. The molecule has 96 valence electrons. The minimum atomic E-state index is 0.147. The van der Waals surface area contributed by atoms with Crippen molar-refractivity contribution in [2.45, 2.75) is 13.3 Å². The Morgan fingerprint density at radius 2 is 1.89 bits per heavy atom. The molecule has 0 radical (unpaired) electrons. The number of fused-ring (bicyclic) bond motifs is 1. The van der Waals surface area contributed by atoms with Crippen LogP contribution in [0.2, 0.25) is 0 Å². The Bertz CT molecular complexity index is 744. The molecule has 0 spiro atoms. The number of benzene rings is 2. The Morgan fingerprint density at radius 1 is 1.05 bits per heavy atom. The molecule has 0 amide bonds. The molecule has 0 aliphatic heterocycles. The van der Waals surface area contributed by atoms with Crippen LogP contribution in [0.3, 0.4) is 0 Å². The molecule has 2 aromatic carbocycles. The van der Waals surface area contributed by atoms with Crippen molar-refractivity contribution in [2.24, 2.45) is 0 Å². The lowest BCUT2D eigenvalue weighted by Crippen LogP contribution is -1.82. The van der Waals surface area contributed by atoms with Gasteiger partial charge in [0, 0.05) is 28.2 Å². The van der Waals surface area contributed by atoms with Gasteiger partial charge in [0.1, 0.15) is 11.5 Å². The number of phenolic OH excluding ortho intramolecular Hbond substituents is 2. The van der Waals surface area contributed by atoms with Crippen LogP contribution in [0, 0.1) is 0 Å². The van der Waals surface area contributed by atoms with E-state index in [-0.39, 0.29) is 11.5 Å². The van der Waals surface area contributed by atoms with Crippen molar-refractivity contribution in [3.05, 3.63) is 48.2 Å². The normalized spacial score (nSPS) is 11.0. The molecule has 0 aliphatic rings. The van der Waals surface area contributed by atoms with Gasteiger partial charge in [-0.2, -0.15) is 0 Å². The number of hydrogen-bond donors (Lipinski definition) is 3. The van der Waals surface area contributed by atoms with E-state index in [1.165, 1.54) is 17.7 Å². The molecule has 3 heteroatoms. The third kappa shape index (κ3) is 1.83. The number of aromatic nitrogens is 1. The summed E-state index contributed by atoms with van der Waals surface area (Å²) in [7, 11) is 0. The van der Waals surface area contributed by atoms with Gasteiger partial charge >= 0.3 is 0 Å². The Balaban J connectivity index is 2.29. The fourth-order valence-electron chi connectivity index (χ4n) is 2.47. The second-order valence-electron chi connectivity index (χ2n) is 4.60. The Hall–Kier alpha value is -2.42. The molecule has 1 aromatic heterocycles. The highest BCUT2D eigenvalue weighted by Crippen LogP contribution is 2.37. The summed E-state index contributed by atoms with van der Waals surface area (Å²) in [6, 6.07) is 10.7. The van der Waals surface area contributed by atoms with Crippen LogP contribution in [0.4, 0.5) is 0 Å². The van der Waals surface area contributed by atoms with Crippen LogP contribution in [-0.4, -0.2) is 15.2 Å². The van der Waals surface area contributed by atoms with Crippen molar-refractivity contribution >= 4 is 10.9 Å². The molecule has 3 rings (SSSR count). The predicted octanol–water partition coefficient (Wildman–Crippen LogP) is 3.81. The van der Waals surface area contributed by atoms with Crippen molar-refractivity contribution < 1.29 is 10.2 Å². The van der Waals surface area contributed by atoms with Crippen LogP contribution >= 0.6 is 0 Å². The minimum absolute atomic E-state index is 0.147. The fraction of sp³-hybridized carbons (Fsp3) is 0.125. The minimum Gasteiger partial charge on any atom is -0.508 e.